The summed E-state index contributed by atoms with van der Waals surface area (Å²) in [4.78, 5) is 15.3. The van der Waals surface area contributed by atoms with Gasteiger partial charge in [0.1, 0.15) is 11.6 Å². The average molecular weight is 400 g/mol. The van der Waals surface area contributed by atoms with Crippen molar-refractivity contribution in [2.75, 3.05) is 6.26 Å². The molecule has 0 unspecified atom stereocenters. The van der Waals surface area contributed by atoms with Crippen molar-refractivity contribution in [3.05, 3.63) is 63.3 Å². The Kier molecular flexibility index (Phi) is 4.08. The molecule has 4 rings (SSSR count). The van der Waals surface area contributed by atoms with Gasteiger partial charge in [0.2, 0.25) is 0 Å². The predicted octanol–water partition coefficient (Wildman–Crippen LogP) is 3.63. The third-order valence-corrected chi connectivity index (χ3v) is 5.98. The van der Waals surface area contributed by atoms with Gasteiger partial charge < -0.3 is 4.98 Å². The van der Waals surface area contributed by atoms with Crippen LogP contribution in [0.25, 0.3) is 22.2 Å². The second-order valence-electron chi connectivity index (χ2n) is 6.93. The summed E-state index contributed by atoms with van der Waals surface area (Å²) >= 11 is 0. The van der Waals surface area contributed by atoms with Crippen LogP contribution in [0.3, 0.4) is 0 Å². The number of rotatable bonds is 3. The van der Waals surface area contributed by atoms with E-state index in [1.165, 1.54) is 18.2 Å². The molecule has 3 aromatic rings. The summed E-state index contributed by atoms with van der Waals surface area (Å²) in [5.41, 5.74) is -0.492. The maximum absolute atomic E-state index is 14.8. The molecule has 28 heavy (non-hydrogen) atoms. The van der Waals surface area contributed by atoms with Gasteiger partial charge >= 0.3 is 0 Å². The van der Waals surface area contributed by atoms with E-state index >= 15 is 0 Å². The number of hydrogen-bond donors (Lipinski definition) is 1. The summed E-state index contributed by atoms with van der Waals surface area (Å²) in [6.45, 7) is 0. The molecule has 1 aromatic heterocycles. The van der Waals surface area contributed by atoms with Crippen LogP contribution in [0.1, 0.15) is 29.9 Å². The molecule has 1 aliphatic carbocycles. The van der Waals surface area contributed by atoms with Crippen molar-refractivity contribution in [2.45, 2.75) is 23.7 Å². The Morgan fingerprint density at radius 2 is 1.89 bits per heavy atom. The number of aromatic amines is 1. The number of pyridine rings is 1. The van der Waals surface area contributed by atoms with E-state index in [1.807, 2.05) is 6.07 Å². The van der Waals surface area contributed by atoms with E-state index in [2.05, 4.69) is 4.98 Å². The second-order valence-corrected chi connectivity index (χ2v) is 8.91. The zero-order chi connectivity index (χ0) is 20.2. The largest absolute Gasteiger partial charge is 0.354 e. The molecule has 0 bridgehead atoms. The van der Waals surface area contributed by atoms with Crippen LogP contribution in [-0.2, 0) is 9.84 Å². The topological polar surface area (TPSA) is 90.8 Å². The lowest BCUT2D eigenvalue weighted by Gasteiger charge is -2.12. The molecule has 1 aliphatic rings. The first-order valence-electron chi connectivity index (χ1n) is 8.50. The van der Waals surface area contributed by atoms with Crippen molar-refractivity contribution in [1.82, 2.24) is 4.98 Å². The number of halogens is 2. The lowest BCUT2D eigenvalue weighted by molar-refractivity contribution is 0.565. The zero-order valence-electron chi connectivity index (χ0n) is 14.7. The Labute approximate surface area is 159 Å². The lowest BCUT2D eigenvalue weighted by atomic mass is 10.0. The number of nitriles is 1. The van der Waals surface area contributed by atoms with Crippen molar-refractivity contribution in [3.8, 4) is 17.3 Å². The van der Waals surface area contributed by atoms with E-state index in [-0.39, 0.29) is 44.1 Å². The lowest BCUT2D eigenvalue weighted by Crippen LogP contribution is -2.10. The summed E-state index contributed by atoms with van der Waals surface area (Å²) in [5, 5.41) is 8.86. The van der Waals surface area contributed by atoms with E-state index in [0.717, 1.165) is 18.4 Å². The third-order valence-electron chi connectivity index (χ3n) is 4.83. The van der Waals surface area contributed by atoms with Gasteiger partial charge in [-0.3, -0.25) is 4.79 Å². The molecule has 142 valence electrons. The highest BCUT2D eigenvalue weighted by atomic mass is 32.2. The molecule has 0 saturated heterocycles. The van der Waals surface area contributed by atoms with Gasteiger partial charge in [-0.1, -0.05) is 0 Å². The molecule has 0 radical (unpaired) electrons. The van der Waals surface area contributed by atoms with Crippen LogP contribution < -0.4 is 5.43 Å². The SMILES string of the molecule is CS(=O)(=O)c1ccc(C#N)cc1-c1cc(=O)c2c(F)c(C3CC3)c(F)cc2[nH]1. The summed E-state index contributed by atoms with van der Waals surface area (Å²) in [6, 6.07) is 7.97. The van der Waals surface area contributed by atoms with E-state index in [4.69, 9.17) is 5.26 Å². The summed E-state index contributed by atoms with van der Waals surface area (Å²) < 4.78 is 53.5. The Hall–Kier alpha value is -3.05. The maximum Gasteiger partial charge on any atom is 0.192 e. The summed E-state index contributed by atoms with van der Waals surface area (Å²) in [7, 11) is -3.68. The van der Waals surface area contributed by atoms with Crippen molar-refractivity contribution in [2.24, 2.45) is 0 Å². The van der Waals surface area contributed by atoms with Gasteiger partial charge in [0.15, 0.2) is 15.3 Å². The van der Waals surface area contributed by atoms with Gasteiger partial charge in [-0.2, -0.15) is 5.26 Å². The highest BCUT2D eigenvalue weighted by molar-refractivity contribution is 7.90. The fourth-order valence-corrected chi connectivity index (χ4v) is 4.27. The van der Waals surface area contributed by atoms with Gasteiger partial charge in [0.05, 0.1) is 33.1 Å². The highest BCUT2D eigenvalue weighted by Crippen LogP contribution is 2.43. The molecular formula is C20H14F2N2O3S. The molecule has 0 atom stereocenters. The average Bonchev–Trinajstić information content (AvgIpc) is 3.44. The monoisotopic (exact) mass is 400 g/mol. The first kappa shape index (κ1) is 18.3. The van der Waals surface area contributed by atoms with Gasteiger partial charge in [0, 0.05) is 23.4 Å². The second kappa shape index (κ2) is 6.24. The first-order chi connectivity index (χ1) is 13.2. The van der Waals surface area contributed by atoms with Crippen molar-refractivity contribution < 1.29 is 17.2 Å². The van der Waals surface area contributed by atoms with Crippen LogP contribution in [0, 0.1) is 23.0 Å². The minimum Gasteiger partial charge on any atom is -0.354 e. The van der Waals surface area contributed by atoms with Crippen LogP contribution in [0.5, 0.6) is 0 Å². The van der Waals surface area contributed by atoms with Gasteiger partial charge in [-0.05, 0) is 43.0 Å². The smallest absolute Gasteiger partial charge is 0.192 e. The van der Waals surface area contributed by atoms with Crippen LogP contribution in [0.15, 0.2) is 40.0 Å². The van der Waals surface area contributed by atoms with Crippen LogP contribution in [0.2, 0.25) is 0 Å². The van der Waals surface area contributed by atoms with Gasteiger partial charge in [0.25, 0.3) is 0 Å². The molecule has 1 heterocycles. The first-order valence-corrected chi connectivity index (χ1v) is 10.4. The van der Waals surface area contributed by atoms with E-state index in [9.17, 15) is 22.0 Å². The fourth-order valence-electron chi connectivity index (χ4n) is 3.38. The third kappa shape index (κ3) is 2.98. The Morgan fingerprint density at radius 3 is 2.50 bits per heavy atom. The number of benzene rings is 2. The van der Waals surface area contributed by atoms with Crippen LogP contribution >= 0.6 is 0 Å². The number of sulfone groups is 1. The number of hydrogen-bond acceptors (Lipinski definition) is 4. The molecular weight excluding hydrogens is 386 g/mol. The van der Waals surface area contributed by atoms with E-state index in [0.29, 0.717) is 12.8 Å². The van der Waals surface area contributed by atoms with Gasteiger partial charge in [-0.15, -0.1) is 0 Å². The molecule has 0 aliphatic heterocycles. The van der Waals surface area contributed by atoms with Crippen LogP contribution in [0.4, 0.5) is 8.78 Å². The number of fused-ring (bicyclic) bond motifs is 1. The molecule has 1 fully saturated rings. The number of nitrogens with zero attached hydrogens (tertiary/aromatic N) is 1. The normalized spacial score (nSPS) is 14.2. The fraction of sp³-hybridized carbons (Fsp3) is 0.200. The van der Waals surface area contributed by atoms with Crippen molar-refractivity contribution in [3.63, 3.8) is 0 Å². The Morgan fingerprint density at radius 1 is 1.18 bits per heavy atom. The highest BCUT2D eigenvalue weighted by Gasteiger charge is 2.31. The Bertz CT molecular complexity index is 1350. The molecule has 5 nitrogen and oxygen atoms in total. The molecule has 2 aromatic carbocycles. The molecule has 1 saturated carbocycles. The van der Waals surface area contributed by atoms with Crippen molar-refractivity contribution in [1.29, 1.82) is 5.26 Å². The number of nitrogens with one attached hydrogen (secondary N) is 1. The summed E-state index contributed by atoms with van der Waals surface area (Å²) in [6.07, 6.45) is 2.35. The van der Waals surface area contributed by atoms with E-state index in [1.54, 1.807) is 0 Å². The number of H-pyrrole nitrogens is 1. The molecule has 0 spiro atoms. The van der Waals surface area contributed by atoms with E-state index < -0.39 is 26.9 Å². The van der Waals surface area contributed by atoms with Gasteiger partial charge in [-0.25, -0.2) is 17.2 Å². The maximum atomic E-state index is 14.8. The minimum atomic E-state index is -3.68. The van der Waals surface area contributed by atoms with Crippen molar-refractivity contribution >= 4 is 20.7 Å². The minimum absolute atomic E-state index is 0.0630. The quantitative estimate of drug-likeness (QED) is 0.727. The number of aromatic nitrogens is 1. The zero-order valence-corrected chi connectivity index (χ0v) is 15.5. The van der Waals surface area contributed by atoms with Crippen LogP contribution in [-0.4, -0.2) is 19.7 Å². The Balaban J connectivity index is 2.03. The standard InChI is InChI=1S/C20H14F2N2O3S/c1-28(26,27)17-5-2-10(9-23)6-12(17)14-8-16(25)19-15(24-14)7-13(21)18(20(19)22)11-3-4-11/h2,5-8,11H,3-4H2,1H3,(H,24,25). The molecule has 1 N–H and O–H groups in total. The molecule has 8 heteroatoms. The predicted molar refractivity (Wildman–Crippen MR) is 99.7 cm³/mol. The molecule has 0 amide bonds. The summed E-state index contributed by atoms with van der Waals surface area (Å²) in [5.74, 6) is -1.83.